The largest absolute Gasteiger partial charge is 0.367 e. The highest BCUT2D eigenvalue weighted by Crippen LogP contribution is 2.50. The van der Waals surface area contributed by atoms with E-state index in [9.17, 15) is 0 Å². The van der Waals surface area contributed by atoms with Crippen LogP contribution >= 0.6 is 22.6 Å². The van der Waals surface area contributed by atoms with Gasteiger partial charge < -0.3 is 27.7 Å². The highest BCUT2D eigenvalue weighted by Gasteiger charge is 2.37. The second kappa shape index (κ2) is 23.2. The number of likely N-dealkylation sites (N-methyl/N-ethyl adjacent to an activating group) is 1. The molecule has 0 amide bonds. The third-order valence-electron chi connectivity index (χ3n) is 22.9. The van der Waals surface area contributed by atoms with Crippen LogP contribution in [0.4, 0.5) is 5.69 Å². The fraction of sp³-hybridized carbons (Fsp3) is 0.0408. The van der Waals surface area contributed by atoms with Gasteiger partial charge in [0, 0.05) is 98.8 Å². The summed E-state index contributed by atoms with van der Waals surface area (Å²) in [5.74, 6) is 0. The predicted molar refractivity (Wildman–Crippen MR) is 450 cm³/mol. The van der Waals surface area contributed by atoms with Crippen molar-refractivity contribution >= 4 is 138 Å². The summed E-state index contributed by atoms with van der Waals surface area (Å²) in [6.45, 7) is 2.17. The average molecular weight is 1450 g/mol. The minimum Gasteiger partial charge on any atom is -0.367 e. The Kier molecular flexibility index (Phi) is 13.2. The van der Waals surface area contributed by atoms with Crippen LogP contribution in [-0.2, 0) is 6.42 Å². The lowest BCUT2D eigenvalue weighted by molar-refractivity contribution is 0.777. The van der Waals surface area contributed by atoms with Crippen LogP contribution in [0.5, 0.6) is 0 Å². The Labute approximate surface area is 620 Å². The molecule has 1 atom stereocenters. The molecule has 15 aromatic carbocycles. The number of fused-ring (bicyclic) bond motifs is 18. The quantitative estimate of drug-likeness (QED) is 0.132. The van der Waals surface area contributed by atoms with Crippen LogP contribution in [0.25, 0.3) is 183 Å². The van der Waals surface area contributed by atoms with Crippen molar-refractivity contribution in [3.05, 3.63) is 360 Å². The van der Waals surface area contributed by atoms with E-state index < -0.39 is 0 Å². The first kappa shape index (κ1) is 59.9. The fourth-order valence-corrected chi connectivity index (χ4v) is 18.4. The zero-order chi connectivity index (χ0) is 69.3. The molecule has 7 heteroatoms. The minimum atomic E-state index is 0.258. The summed E-state index contributed by atoms with van der Waals surface area (Å²) in [5, 5.41) is 11.2. The average Bonchev–Trinajstić information content (AvgIpc) is 1.61. The molecule has 0 saturated heterocycles. The molecular formula is C98H65IN6. The summed E-state index contributed by atoms with van der Waals surface area (Å²) in [5.41, 5.74) is 33.8. The van der Waals surface area contributed by atoms with Crippen LogP contribution in [0.2, 0.25) is 0 Å². The third kappa shape index (κ3) is 9.20. The maximum Gasteiger partial charge on any atom is 0.0588 e. The van der Waals surface area contributed by atoms with Crippen molar-refractivity contribution < 1.29 is 0 Å². The van der Waals surface area contributed by atoms with E-state index in [2.05, 4.69) is 404 Å². The monoisotopic (exact) mass is 1450 g/mol. The summed E-state index contributed by atoms with van der Waals surface area (Å²) in [6.07, 6.45) is 3.44. The molecule has 0 N–H and O–H groups in total. The molecule has 0 bridgehead atoms. The van der Waals surface area contributed by atoms with E-state index in [1.807, 2.05) is 0 Å². The van der Waals surface area contributed by atoms with Gasteiger partial charge in [-0.15, -0.1) is 0 Å². The van der Waals surface area contributed by atoms with Gasteiger partial charge in [-0.2, -0.15) is 0 Å². The second-order valence-electron chi connectivity index (χ2n) is 28.7. The van der Waals surface area contributed by atoms with Gasteiger partial charge in [-0.25, -0.2) is 0 Å². The summed E-state index contributed by atoms with van der Waals surface area (Å²) in [6, 6.07) is 125. The van der Waals surface area contributed by atoms with Crippen molar-refractivity contribution in [2.75, 3.05) is 11.9 Å². The lowest BCUT2D eigenvalue weighted by Gasteiger charge is -2.27. The van der Waals surface area contributed by atoms with E-state index in [4.69, 9.17) is 0 Å². The topological polar surface area (TPSA) is 27.9 Å². The Morgan fingerprint density at radius 1 is 0.276 bits per heavy atom. The van der Waals surface area contributed by atoms with Crippen molar-refractivity contribution in [3.63, 3.8) is 0 Å². The number of aryl methyl sites for hydroxylation is 1. The first-order valence-corrected chi connectivity index (χ1v) is 37.4. The molecule has 1 unspecified atom stereocenters. The third-order valence-corrected chi connectivity index (χ3v) is 23.6. The Morgan fingerprint density at radius 2 is 0.657 bits per heavy atom. The SMILES string of the molecule is Cc1cccc(-n2c3ccccc3c3ccc(-c4ccc5c(c4)c4ccccc4n5-c4cccc(-c5ccc6c7ccc(-c8ccc9c(c8)c8ccccc8n9-c8cccc(-c9ccc%10c(c9)C9=Cc%11c(c%12ccccc%12n%11-c%11ccccc%11)CC9N%10C)c8)cc7n(-c7ccc(I)cc7)c6c5)c4)cc32)c1. The molecule has 6 nitrogen and oxygen atoms in total. The summed E-state index contributed by atoms with van der Waals surface area (Å²) < 4.78 is 13.5. The van der Waals surface area contributed by atoms with Gasteiger partial charge in [-0.1, -0.05) is 182 Å². The zero-order valence-electron chi connectivity index (χ0n) is 57.7. The van der Waals surface area contributed by atoms with Gasteiger partial charge in [-0.05, 0) is 255 Å². The number of anilines is 1. The summed E-state index contributed by atoms with van der Waals surface area (Å²) in [4.78, 5) is 2.50. The van der Waals surface area contributed by atoms with Crippen molar-refractivity contribution in [2.24, 2.45) is 0 Å². The molecule has 20 aromatic rings. The molecular weight excluding hydrogens is 1390 g/mol. The minimum absolute atomic E-state index is 0.258. The highest BCUT2D eigenvalue weighted by molar-refractivity contribution is 14.1. The molecule has 0 saturated carbocycles. The van der Waals surface area contributed by atoms with Crippen molar-refractivity contribution in [3.8, 4) is 72.9 Å². The van der Waals surface area contributed by atoms with Crippen molar-refractivity contribution in [2.45, 2.75) is 19.4 Å². The van der Waals surface area contributed by atoms with E-state index in [1.54, 1.807) is 0 Å². The standard InChI is InChI=1S/C98H65IN6/c1-60-17-14-22-72(49-60)105-88-29-10-6-25-75(88)79-43-34-68(57-97(79)105)65-38-48-93-83(53-65)77-27-8-13-32-91(77)104(93)74-24-16-19-62(51-74)66-33-44-80-81-45-35-67(56-96(81)102(95(80)55-66)71-41-39-69(99)40-42-71)64-37-47-92-82(52-64)76-26-7-12-31-90(76)103(92)73-23-15-18-61(50-73)63-36-46-87-84(54-63)86-59-98-85(58-94(86)100(87)2)78-28-9-11-30-89(78)101(98)70-20-4-3-5-21-70/h3-57,59,94H,58H2,1-2H3. The smallest absolute Gasteiger partial charge is 0.0588 e. The van der Waals surface area contributed by atoms with Crippen LogP contribution in [0.1, 0.15) is 22.4 Å². The van der Waals surface area contributed by atoms with E-state index in [1.165, 1.54) is 175 Å². The van der Waals surface area contributed by atoms with Crippen LogP contribution in [0.3, 0.4) is 0 Å². The maximum absolute atomic E-state index is 2.50. The van der Waals surface area contributed by atoms with E-state index in [0.717, 1.165) is 40.1 Å². The zero-order valence-corrected chi connectivity index (χ0v) is 59.8. The Balaban J connectivity index is 0.613. The first-order valence-electron chi connectivity index (χ1n) is 36.3. The lowest BCUT2D eigenvalue weighted by atomic mass is 9.88. The number of benzene rings is 15. The fourth-order valence-electron chi connectivity index (χ4n) is 18.1. The molecule has 0 fully saturated rings. The molecule has 1 aliphatic carbocycles. The van der Waals surface area contributed by atoms with Gasteiger partial charge in [0.2, 0.25) is 0 Å². The number of rotatable bonds is 9. The molecule has 6 heterocycles. The number of halogens is 1. The maximum atomic E-state index is 2.50. The number of hydrogen-bond acceptors (Lipinski definition) is 1. The van der Waals surface area contributed by atoms with Gasteiger partial charge >= 0.3 is 0 Å². The van der Waals surface area contributed by atoms with Gasteiger partial charge in [0.25, 0.3) is 0 Å². The number of aromatic nitrogens is 5. The molecule has 0 radical (unpaired) electrons. The molecule has 2 aliphatic rings. The molecule has 1 aliphatic heterocycles. The number of nitrogens with zero attached hydrogens (tertiary/aromatic N) is 6. The Hall–Kier alpha value is -12.7. The molecule has 105 heavy (non-hydrogen) atoms. The summed E-state index contributed by atoms with van der Waals surface area (Å²) in [7, 11) is 2.27. The Morgan fingerprint density at radius 3 is 1.20 bits per heavy atom. The van der Waals surface area contributed by atoms with Crippen LogP contribution in [0.15, 0.2) is 334 Å². The van der Waals surface area contributed by atoms with E-state index >= 15 is 0 Å². The molecule has 0 spiro atoms. The van der Waals surface area contributed by atoms with Gasteiger partial charge in [0.15, 0.2) is 0 Å². The molecule has 494 valence electrons. The van der Waals surface area contributed by atoms with Crippen molar-refractivity contribution in [1.29, 1.82) is 0 Å². The van der Waals surface area contributed by atoms with Gasteiger partial charge in [-0.3, -0.25) is 0 Å². The summed E-state index contributed by atoms with van der Waals surface area (Å²) >= 11 is 2.43. The molecule has 22 rings (SSSR count). The number of hydrogen-bond donors (Lipinski definition) is 0. The van der Waals surface area contributed by atoms with Crippen molar-refractivity contribution in [1.82, 2.24) is 22.8 Å². The van der Waals surface area contributed by atoms with Gasteiger partial charge in [0.1, 0.15) is 0 Å². The van der Waals surface area contributed by atoms with Crippen LogP contribution in [0, 0.1) is 10.5 Å². The van der Waals surface area contributed by atoms with Crippen LogP contribution < -0.4 is 4.90 Å². The predicted octanol–water partition coefficient (Wildman–Crippen LogP) is 25.5. The number of para-hydroxylation sites is 5. The highest BCUT2D eigenvalue weighted by atomic mass is 127. The molecule has 5 aromatic heterocycles. The first-order chi connectivity index (χ1) is 51.8. The van der Waals surface area contributed by atoms with Crippen LogP contribution in [-0.4, -0.2) is 35.9 Å². The van der Waals surface area contributed by atoms with E-state index in [-0.39, 0.29) is 6.04 Å². The van der Waals surface area contributed by atoms with E-state index in [0.29, 0.717) is 0 Å². The Bertz CT molecular complexity index is 7110. The van der Waals surface area contributed by atoms with Gasteiger partial charge in [0.05, 0.1) is 61.4 Å². The normalized spacial score (nSPS) is 13.6. The second-order valence-corrected chi connectivity index (χ2v) is 29.9. The lowest BCUT2D eigenvalue weighted by Crippen LogP contribution is -2.31.